The Labute approximate surface area is 202 Å². The molecule has 1 N–H and O–H groups in total. The van der Waals surface area contributed by atoms with Crippen LogP contribution in [0.15, 0.2) is 65.8 Å². The maximum absolute atomic E-state index is 12.2. The van der Waals surface area contributed by atoms with Crippen LogP contribution >= 0.6 is 56.8 Å². The number of nitrogens with zero attached hydrogens (tertiary/aromatic N) is 1. The molecule has 148 valence electrons. The molecule has 0 aliphatic rings. The van der Waals surface area contributed by atoms with E-state index in [1.54, 1.807) is 12.3 Å². The van der Waals surface area contributed by atoms with E-state index in [1.807, 2.05) is 61.5 Å². The van der Waals surface area contributed by atoms with E-state index in [4.69, 9.17) is 16.3 Å². The highest BCUT2D eigenvalue weighted by molar-refractivity contribution is 14.1. The lowest BCUT2D eigenvalue weighted by Gasteiger charge is -2.12. The predicted octanol–water partition coefficient (Wildman–Crippen LogP) is 6.20. The number of benzene rings is 3. The number of hydrazone groups is 1. The first-order chi connectivity index (χ1) is 13.9. The third kappa shape index (κ3) is 6.16. The van der Waals surface area contributed by atoms with Crippen LogP contribution in [0.1, 0.15) is 27.0 Å². The van der Waals surface area contributed by atoms with Gasteiger partial charge in [0.05, 0.1) is 13.4 Å². The molecule has 1 amide bonds. The van der Waals surface area contributed by atoms with Crippen molar-refractivity contribution in [2.75, 3.05) is 0 Å². The summed E-state index contributed by atoms with van der Waals surface area (Å²) in [6.45, 7) is 2.34. The Morgan fingerprint density at radius 2 is 1.83 bits per heavy atom. The van der Waals surface area contributed by atoms with Gasteiger partial charge in [0.25, 0.3) is 5.91 Å². The van der Waals surface area contributed by atoms with Gasteiger partial charge in [0.2, 0.25) is 0 Å². The van der Waals surface area contributed by atoms with Crippen LogP contribution < -0.4 is 10.2 Å². The molecule has 0 radical (unpaired) electrons. The molecule has 0 atom stereocenters. The molecule has 0 heterocycles. The zero-order valence-electron chi connectivity index (χ0n) is 15.5. The standard InChI is InChI=1S/C22H17ClI2N2O2/c1-14-5-4-7-16(9-14)22(28)27-26-12-15-10-19(24)21(20(25)11-15)29-13-17-6-2-3-8-18(17)23/h2-12H,13H2,1H3,(H,27,28)/b26-12+. The average Bonchev–Trinajstić information content (AvgIpc) is 2.68. The number of aryl methyl sites for hydroxylation is 1. The summed E-state index contributed by atoms with van der Waals surface area (Å²) in [5.74, 6) is 0.557. The molecule has 0 saturated heterocycles. The molecule has 0 aliphatic heterocycles. The molecular formula is C22H17ClI2N2O2. The molecule has 0 bridgehead atoms. The smallest absolute Gasteiger partial charge is 0.271 e. The fraction of sp³-hybridized carbons (Fsp3) is 0.0909. The molecule has 4 nitrogen and oxygen atoms in total. The highest BCUT2D eigenvalue weighted by Crippen LogP contribution is 2.30. The van der Waals surface area contributed by atoms with Gasteiger partial charge in [-0.05, 0) is 88.0 Å². The molecule has 7 heteroatoms. The molecule has 0 spiro atoms. The minimum atomic E-state index is -0.242. The van der Waals surface area contributed by atoms with Crippen molar-refractivity contribution in [2.45, 2.75) is 13.5 Å². The van der Waals surface area contributed by atoms with Gasteiger partial charge in [-0.1, -0.05) is 47.5 Å². The minimum absolute atomic E-state index is 0.242. The Kier molecular flexibility index (Phi) is 7.91. The zero-order valence-corrected chi connectivity index (χ0v) is 20.5. The third-order valence-corrected chi connectivity index (χ3v) is 5.98. The van der Waals surface area contributed by atoms with Gasteiger partial charge in [-0.25, -0.2) is 5.43 Å². The van der Waals surface area contributed by atoms with Crippen LogP contribution in [0.25, 0.3) is 0 Å². The van der Waals surface area contributed by atoms with Gasteiger partial charge in [0.15, 0.2) is 0 Å². The number of amides is 1. The Morgan fingerprint density at radius 1 is 1.10 bits per heavy atom. The van der Waals surface area contributed by atoms with Crippen molar-refractivity contribution < 1.29 is 9.53 Å². The highest BCUT2D eigenvalue weighted by atomic mass is 127. The van der Waals surface area contributed by atoms with Crippen LogP contribution in [0.2, 0.25) is 5.02 Å². The second-order valence-electron chi connectivity index (χ2n) is 6.26. The van der Waals surface area contributed by atoms with Gasteiger partial charge in [-0.3, -0.25) is 4.79 Å². The van der Waals surface area contributed by atoms with Crippen molar-refractivity contribution in [1.29, 1.82) is 0 Å². The van der Waals surface area contributed by atoms with Gasteiger partial charge in [0, 0.05) is 16.1 Å². The van der Waals surface area contributed by atoms with Crippen molar-refractivity contribution in [1.82, 2.24) is 5.43 Å². The summed E-state index contributed by atoms with van der Waals surface area (Å²) >= 11 is 10.7. The van der Waals surface area contributed by atoms with Crippen molar-refractivity contribution in [2.24, 2.45) is 5.10 Å². The van der Waals surface area contributed by atoms with E-state index < -0.39 is 0 Å². The third-order valence-electron chi connectivity index (χ3n) is 4.01. The Hall–Kier alpha value is -1.65. The van der Waals surface area contributed by atoms with Crippen LogP contribution in [0, 0.1) is 14.1 Å². The van der Waals surface area contributed by atoms with E-state index in [2.05, 4.69) is 55.7 Å². The van der Waals surface area contributed by atoms with Gasteiger partial charge >= 0.3 is 0 Å². The number of rotatable bonds is 6. The Balaban J connectivity index is 1.66. The molecule has 0 aromatic heterocycles. The second kappa shape index (κ2) is 10.4. The molecule has 0 saturated carbocycles. The van der Waals surface area contributed by atoms with E-state index in [0.29, 0.717) is 17.2 Å². The molecule has 29 heavy (non-hydrogen) atoms. The first kappa shape index (κ1) is 22.0. The summed E-state index contributed by atoms with van der Waals surface area (Å²) in [6.07, 6.45) is 1.62. The van der Waals surface area contributed by atoms with Gasteiger partial charge in [0.1, 0.15) is 12.4 Å². The normalized spacial score (nSPS) is 10.9. The summed E-state index contributed by atoms with van der Waals surface area (Å²) < 4.78 is 7.89. The van der Waals surface area contributed by atoms with Crippen LogP contribution in [-0.2, 0) is 6.61 Å². The second-order valence-corrected chi connectivity index (χ2v) is 8.99. The first-order valence-electron chi connectivity index (χ1n) is 8.69. The van der Waals surface area contributed by atoms with E-state index in [9.17, 15) is 4.79 Å². The van der Waals surface area contributed by atoms with E-state index in [0.717, 1.165) is 29.6 Å². The molecule has 3 rings (SSSR count). The first-order valence-corrected chi connectivity index (χ1v) is 11.2. The number of carbonyl (C=O) groups excluding carboxylic acids is 1. The van der Waals surface area contributed by atoms with Gasteiger partial charge in [-0.2, -0.15) is 5.10 Å². The number of hydrogen-bond acceptors (Lipinski definition) is 3. The molecule has 3 aromatic rings. The topological polar surface area (TPSA) is 50.7 Å². The van der Waals surface area contributed by atoms with Crippen molar-refractivity contribution >= 4 is 68.9 Å². The Bertz CT molecular complexity index is 1050. The summed E-state index contributed by atoms with van der Waals surface area (Å²) in [5, 5.41) is 4.76. The van der Waals surface area contributed by atoms with E-state index in [-0.39, 0.29) is 5.91 Å². The quantitative estimate of drug-likeness (QED) is 0.200. The number of ether oxygens (including phenoxy) is 1. The van der Waals surface area contributed by atoms with Crippen LogP contribution in [0.4, 0.5) is 0 Å². The van der Waals surface area contributed by atoms with Gasteiger partial charge < -0.3 is 4.74 Å². The average molecular weight is 631 g/mol. The molecule has 3 aromatic carbocycles. The number of carbonyl (C=O) groups is 1. The predicted molar refractivity (Wildman–Crippen MR) is 134 cm³/mol. The highest BCUT2D eigenvalue weighted by Gasteiger charge is 2.10. The molecular weight excluding hydrogens is 614 g/mol. The SMILES string of the molecule is Cc1cccc(C(=O)N/N=C/c2cc(I)c(OCc3ccccc3Cl)c(I)c2)c1. The summed E-state index contributed by atoms with van der Waals surface area (Å²) in [5.41, 5.74) is 5.97. The lowest BCUT2D eigenvalue weighted by molar-refractivity contribution is 0.0955. The van der Waals surface area contributed by atoms with Gasteiger partial charge in [-0.15, -0.1) is 0 Å². The lowest BCUT2D eigenvalue weighted by Crippen LogP contribution is -2.17. The van der Waals surface area contributed by atoms with Crippen molar-refractivity contribution in [3.63, 3.8) is 0 Å². The number of hydrogen-bond donors (Lipinski definition) is 1. The van der Waals surface area contributed by atoms with Crippen molar-refractivity contribution in [3.05, 3.63) is 95.1 Å². The molecule has 0 fully saturated rings. The fourth-order valence-corrected chi connectivity index (χ4v) is 4.89. The fourth-order valence-electron chi connectivity index (χ4n) is 2.57. The van der Waals surface area contributed by atoms with Crippen molar-refractivity contribution in [3.8, 4) is 5.75 Å². The maximum Gasteiger partial charge on any atom is 0.271 e. The van der Waals surface area contributed by atoms with E-state index >= 15 is 0 Å². The largest absolute Gasteiger partial charge is 0.487 e. The summed E-state index contributed by atoms with van der Waals surface area (Å²) in [6, 6.07) is 18.9. The number of nitrogens with one attached hydrogen (secondary N) is 1. The molecule has 0 unspecified atom stereocenters. The van der Waals surface area contributed by atoms with E-state index in [1.165, 1.54) is 0 Å². The summed E-state index contributed by atoms with van der Waals surface area (Å²) in [4.78, 5) is 12.2. The Morgan fingerprint density at radius 3 is 2.52 bits per heavy atom. The maximum atomic E-state index is 12.2. The minimum Gasteiger partial charge on any atom is -0.487 e. The monoisotopic (exact) mass is 630 g/mol. The molecule has 0 aliphatic carbocycles. The van der Waals surface area contributed by atoms with Crippen LogP contribution in [-0.4, -0.2) is 12.1 Å². The zero-order chi connectivity index (χ0) is 20.8. The lowest BCUT2D eigenvalue weighted by atomic mass is 10.1. The van der Waals surface area contributed by atoms with Crippen LogP contribution in [0.5, 0.6) is 5.75 Å². The summed E-state index contributed by atoms with van der Waals surface area (Å²) in [7, 11) is 0. The van der Waals surface area contributed by atoms with Crippen LogP contribution in [0.3, 0.4) is 0 Å². The number of halogens is 3.